The Bertz CT molecular complexity index is 2740. The van der Waals surface area contributed by atoms with Gasteiger partial charge in [0, 0.05) is 17.8 Å². The van der Waals surface area contributed by atoms with Crippen molar-refractivity contribution < 1.29 is 62.6 Å². The lowest BCUT2D eigenvalue weighted by Crippen LogP contribution is -2.38. The SMILES string of the molecule is C.C.Cl.O=C(c1ccccn1)c1cc2ccc(C(F)(F)F)cc2c2cc(C(F)(F)F)ccc12.OC(c1cc2ccc(C(F)(F)F)cc2c2cc(C(F)(F)F)ccc12)C1CCCCN1. The zero-order chi connectivity index (χ0) is 43.4. The molecule has 0 amide bonds. The van der Waals surface area contributed by atoms with E-state index in [0.717, 1.165) is 80.1 Å². The van der Waals surface area contributed by atoms with E-state index in [-0.39, 0.29) is 76.9 Å². The highest BCUT2D eigenvalue weighted by Crippen LogP contribution is 2.42. The number of benzene rings is 6. The summed E-state index contributed by atoms with van der Waals surface area (Å²) >= 11 is 0. The predicted octanol–water partition coefficient (Wildman–Crippen LogP) is 14.6. The molecule has 8 rings (SSSR count). The van der Waals surface area contributed by atoms with Crippen molar-refractivity contribution in [1.29, 1.82) is 0 Å². The van der Waals surface area contributed by atoms with E-state index in [9.17, 15) is 62.6 Å². The van der Waals surface area contributed by atoms with Crippen LogP contribution >= 0.6 is 12.4 Å². The molecule has 0 bridgehead atoms. The number of carbonyl (C=O) groups excluding carboxylic acids is 1. The van der Waals surface area contributed by atoms with Crippen LogP contribution < -0.4 is 5.32 Å². The number of fused-ring (bicyclic) bond motifs is 6. The summed E-state index contributed by atoms with van der Waals surface area (Å²) < 4.78 is 159. The minimum Gasteiger partial charge on any atom is -0.387 e. The van der Waals surface area contributed by atoms with Gasteiger partial charge >= 0.3 is 24.7 Å². The molecule has 2 atom stereocenters. The van der Waals surface area contributed by atoms with Gasteiger partial charge in [-0.05, 0) is 141 Å². The summed E-state index contributed by atoms with van der Waals surface area (Å²) in [5.41, 5.74) is -3.35. The molecule has 0 saturated carbocycles. The lowest BCUT2D eigenvalue weighted by atomic mass is 9.88. The minimum absolute atomic E-state index is 0. The molecule has 336 valence electrons. The van der Waals surface area contributed by atoms with Gasteiger partial charge in [0.25, 0.3) is 0 Å². The summed E-state index contributed by atoms with van der Waals surface area (Å²) in [7, 11) is 0. The number of aliphatic hydroxyl groups is 1. The quantitative estimate of drug-likeness (QED) is 0.105. The van der Waals surface area contributed by atoms with Crippen LogP contribution in [-0.2, 0) is 24.7 Å². The molecule has 7 aromatic rings. The fraction of sp³-hybridized carbons (Fsp3) is 0.261. The van der Waals surface area contributed by atoms with Crippen LogP contribution in [0.3, 0.4) is 0 Å². The van der Waals surface area contributed by atoms with Gasteiger partial charge < -0.3 is 10.4 Å². The number of hydrogen-bond acceptors (Lipinski definition) is 4. The summed E-state index contributed by atoms with van der Waals surface area (Å²) in [5.74, 6) is -0.540. The molecule has 0 radical (unpaired) electrons. The number of aromatic nitrogens is 1. The van der Waals surface area contributed by atoms with E-state index in [1.165, 1.54) is 30.5 Å². The highest BCUT2D eigenvalue weighted by atomic mass is 35.5. The number of carbonyl (C=O) groups is 1. The number of pyridine rings is 1. The second-order valence-electron chi connectivity index (χ2n) is 14.3. The Balaban J connectivity index is 0.000000264. The fourth-order valence-electron chi connectivity index (χ4n) is 7.47. The third-order valence-corrected chi connectivity index (χ3v) is 10.4. The van der Waals surface area contributed by atoms with Crippen molar-refractivity contribution in [3.63, 3.8) is 0 Å². The largest absolute Gasteiger partial charge is 0.416 e. The summed E-state index contributed by atoms with van der Waals surface area (Å²) in [4.78, 5) is 16.9. The van der Waals surface area contributed by atoms with Crippen molar-refractivity contribution in [3.8, 4) is 0 Å². The molecule has 6 aromatic carbocycles. The number of aliphatic hydroxyl groups excluding tert-OH is 1. The third kappa shape index (κ3) is 10.5. The first-order chi connectivity index (χ1) is 28.1. The van der Waals surface area contributed by atoms with Crippen LogP contribution in [0.15, 0.2) is 109 Å². The smallest absolute Gasteiger partial charge is 0.387 e. The number of hydrogen-bond donors (Lipinski definition) is 2. The maximum atomic E-state index is 13.3. The van der Waals surface area contributed by atoms with Crippen molar-refractivity contribution in [1.82, 2.24) is 10.3 Å². The molecule has 1 aromatic heterocycles. The third-order valence-electron chi connectivity index (χ3n) is 10.4. The molecule has 63 heavy (non-hydrogen) atoms. The monoisotopic (exact) mass is 914 g/mol. The molecule has 2 heterocycles. The summed E-state index contributed by atoms with van der Waals surface area (Å²) in [6.07, 6.45) is -15.6. The van der Waals surface area contributed by atoms with E-state index < -0.39 is 58.8 Å². The van der Waals surface area contributed by atoms with Crippen LogP contribution in [0.2, 0.25) is 0 Å². The second kappa shape index (κ2) is 18.7. The Morgan fingerprint density at radius 3 is 1.49 bits per heavy atom. The standard InChI is InChI=1S/C22H19F6NO.C22H11F6NO.2CH4.ClH/c2*23-21(24,25)13-5-4-12-9-18(20(30)19-3-1-2-8-29-19)15-7-6-14(22(26,27)28)11-17(15)16(12)10-13;;;/h4-7,9-11,19-20,29-30H,1-3,8H2;1-11H;2*1H4;1H. The normalized spacial score (nSPS) is 15.2. The van der Waals surface area contributed by atoms with Gasteiger partial charge in [0.2, 0.25) is 5.78 Å². The van der Waals surface area contributed by atoms with Crippen molar-refractivity contribution in [2.75, 3.05) is 6.54 Å². The average Bonchev–Trinajstić information content (AvgIpc) is 3.21. The Morgan fingerprint density at radius 2 is 1.03 bits per heavy atom. The molecule has 4 nitrogen and oxygen atoms in total. The first-order valence-corrected chi connectivity index (χ1v) is 18.3. The van der Waals surface area contributed by atoms with E-state index in [2.05, 4.69) is 10.3 Å². The van der Waals surface area contributed by atoms with Gasteiger partial charge in [-0.25, -0.2) is 0 Å². The lowest BCUT2D eigenvalue weighted by molar-refractivity contribution is -0.138. The number of nitrogens with one attached hydrogen (secondary N) is 1. The topological polar surface area (TPSA) is 62.2 Å². The predicted molar refractivity (Wildman–Crippen MR) is 222 cm³/mol. The van der Waals surface area contributed by atoms with E-state index in [1.807, 2.05) is 0 Å². The molecule has 1 aliphatic heterocycles. The summed E-state index contributed by atoms with van der Waals surface area (Å²) in [5, 5.41) is 15.2. The van der Waals surface area contributed by atoms with E-state index in [4.69, 9.17) is 0 Å². The minimum atomic E-state index is -4.69. The zero-order valence-corrected chi connectivity index (χ0v) is 31.9. The van der Waals surface area contributed by atoms with Crippen LogP contribution in [0.4, 0.5) is 52.7 Å². The van der Waals surface area contributed by atoms with Crippen molar-refractivity contribution in [2.24, 2.45) is 0 Å². The number of rotatable bonds is 4. The lowest BCUT2D eigenvalue weighted by Gasteiger charge is -2.29. The Morgan fingerprint density at radius 1 is 0.571 bits per heavy atom. The Hall–Kier alpha value is -5.45. The highest BCUT2D eigenvalue weighted by Gasteiger charge is 2.35. The zero-order valence-electron chi connectivity index (χ0n) is 31.1. The number of nitrogens with zero attached hydrogens (tertiary/aromatic N) is 1. The maximum Gasteiger partial charge on any atom is 0.416 e. The van der Waals surface area contributed by atoms with Crippen LogP contribution in [0.5, 0.6) is 0 Å². The van der Waals surface area contributed by atoms with Crippen LogP contribution in [0, 0.1) is 0 Å². The molecule has 17 heteroatoms. The number of halogens is 13. The Kier molecular flexibility index (Phi) is 14.9. The molecular formula is C46H39ClF12N2O2. The van der Waals surface area contributed by atoms with E-state index in [1.54, 1.807) is 18.2 Å². The van der Waals surface area contributed by atoms with Gasteiger partial charge in [0.05, 0.1) is 28.4 Å². The van der Waals surface area contributed by atoms with Crippen molar-refractivity contribution in [3.05, 3.63) is 148 Å². The summed E-state index contributed by atoms with van der Waals surface area (Å²) in [6, 6.07) is 18.8. The fourth-order valence-corrected chi connectivity index (χ4v) is 7.47. The van der Waals surface area contributed by atoms with Crippen LogP contribution in [0.1, 0.15) is 84.1 Å². The van der Waals surface area contributed by atoms with Gasteiger partial charge in [-0.2, -0.15) is 52.7 Å². The van der Waals surface area contributed by atoms with Gasteiger partial charge in [0.1, 0.15) is 5.69 Å². The van der Waals surface area contributed by atoms with Crippen LogP contribution in [0.25, 0.3) is 43.1 Å². The van der Waals surface area contributed by atoms with E-state index in [0.29, 0.717) is 22.8 Å². The van der Waals surface area contributed by atoms with E-state index >= 15 is 0 Å². The molecule has 0 aliphatic carbocycles. The van der Waals surface area contributed by atoms with Gasteiger partial charge in [-0.15, -0.1) is 12.4 Å². The molecule has 1 aliphatic rings. The molecular weight excluding hydrogens is 876 g/mol. The molecule has 2 N–H and O–H groups in total. The highest BCUT2D eigenvalue weighted by molar-refractivity contribution is 6.21. The van der Waals surface area contributed by atoms with Gasteiger partial charge in [-0.1, -0.05) is 51.6 Å². The van der Waals surface area contributed by atoms with Crippen molar-refractivity contribution >= 4 is 61.3 Å². The second-order valence-corrected chi connectivity index (χ2v) is 14.3. The van der Waals surface area contributed by atoms with Crippen LogP contribution in [-0.4, -0.2) is 28.5 Å². The molecule has 0 spiro atoms. The molecule has 1 fully saturated rings. The first kappa shape index (κ1) is 50.2. The van der Waals surface area contributed by atoms with Crippen molar-refractivity contribution in [2.45, 2.75) is 71.0 Å². The van der Waals surface area contributed by atoms with Gasteiger partial charge in [-0.3, -0.25) is 9.78 Å². The number of piperidine rings is 1. The maximum absolute atomic E-state index is 13.3. The molecule has 2 unspecified atom stereocenters. The van der Waals surface area contributed by atoms with Gasteiger partial charge in [0.15, 0.2) is 0 Å². The molecule has 1 saturated heterocycles. The number of alkyl halides is 12. The Labute approximate surface area is 359 Å². The summed E-state index contributed by atoms with van der Waals surface area (Å²) in [6.45, 7) is 0.723. The average molecular weight is 915 g/mol. The first-order valence-electron chi connectivity index (χ1n) is 18.3. The number of ketones is 1.